The SMILES string of the molecule is CC1CN2CCCC2CN1Cc1sccc1Br. The van der Waals surface area contributed by atoms with Gasteiger partial charge in [-0.05, 0) is 53.7 Å². The molecule has 3 rings (SSSR count). The lowest BCUT2D eigenvalue weighted by Gasteiger charge is -2.42. The van der Waals surface area contributed by atoms with Crippen LogP contribution in [-0.2, 0) is 6.54 Å². The van der Waals surface area contributed by atoms with E-state index in [0.717, 1.165) is 12.6 Å². The number of hydrogen-bond acceptors (Lipinski definition) is 3. The van der Waals surface area contributed by atoms with Crippen molar-refractivity contribution in [1.82, 2.24) is 9.80 Å². The van der Waals surface area contributed by atoms with Crippen LogP contribution in [0.3, 0.4) is 0 Å². The molecule has 2 fully saturated rings. The van der Waals surface area contributed by atoms with Crippen LogP contribution in [0.4, 0.5) is 0 Å². The van der Waals surface area contributed by atoms with Crippen LogP contribution in [-0.4, -0.2) is 41.5 Å². The molecule has 0 saturated carbocycles. The molecule has 17 heavy (non-hydrogen) atoms. The molecule has 4 heteroatoms. The summed E-state index contributed by atoms with van der Waals surface area (Å²) < 4.78 is 1.28. The highest BCUT2D eigenvalue weighted by Gasteiger charge is 2.34. The molecule has 2 aliphatic heterocycles. The van der Waals surface area contributed by atoms with Gasteiger partial charge in [-0.1, -0.05) is 0 Å². The summed E-state index contributed by atoms with van der Waals surface area (Å²) in [6, 6.07) is 3.68. The molecule has 0 N–H and O–H groups in total. The molecule has 0 radical (unpaired) electrons. The molecule has 0 aromatic carbocycles. The minimum absolute atomic E-state index is 0.693. The Bertz CT molecular complexity index is 393. The predicted octanol–water partition coefficient (Wildman–Crippen LogP) is 3.18. The maximum absolute atomic E-state index is 3.64. The predicted molar refractivity (Wildman–Crippen MR) is 76.5 cm³/mol. The number of halogens is 1. The van der Waals surface area contributed by atoms with Crippen LogP contribution in [0.5, 0.6) is 0 Å². The van der Waals surface area contributed by atoms with Crippen molar-refractivity contribution in [3.05, 3.63) is 20.8 Å². The molecule has 2 nitrogen and oxygen atoms in total. The molecule has 1 aromatic heterocycles. The van der Waals surface area contributed by atoms with E-state index < -0.39 is 0 Å². The topological polar surface area (TPSA) is 6.48 Å². The Morgan fingerprint density at radius 2 is 2.35 bits per heavy atom. The maximum atomic E-state index is 3.64. The fraction of sp³-hybridized carbons (Fsp3) is 0.692. The highest BCUT2D eigenvalue weighted by atomic mass is 79.9. The minimum Gasteiger partial charge on any atom is -0.298 e. The number of piperazine rings is 1. The van der Waals surface area contributed by atoms with Crippen molar-refractivity contribution >= 4 is 27.3 Å². The number of fused-ring (bicyclic) bond motifs is 1. The molecule has 3 heterocycles. The quantitative estimate of drug-likeness (QED) is 0.827. The molecule has 2 atom stereocenters. The van der Waals surface area contributed by atoms with Crippen LogP contribution in [0, 0.1) is 0 Å². The Morgan fingerprint density at radius 3 is 3.12 bits per heavy atom. The zero-order valence-corrected chi connectivity index (χ0v) is 12.6. The largest absolute Gasteiger partial charge is 0.298 e. The Labute approximate surface area is 116 Å². The summed E-state index contributed by atoms with van der Waals surface area (Å²) in [5.74, 6) is 0. The Hall–Kier alpha value is 0.100. The van der Waals surface area contributed by atoms with E-state index in [1.165, 1.54) is 41.8 Å². The average molecular weight is 315 g/mol. The molecule has 2 saturated heterocycles. The minimum atomic E-state index is 0.693. The van der Waals surface area contributed by atoms with Crippen LogP contribution >= 0.6 is 27.3 Å². The fourth-order valence-electron chi connectivity index (χ4n) is 3.09. The second-order valence-corrected chi connectivity index (χ2v) is 7.12. The molecule has 0 spiro atoms. The van der Waals surface area contributed by atoms with Crippen LogP contribution in [0.15, 0.2) is 15.9 Å². The standard InChI is InChI=1S/C13H19BrN2S/c1-10-7-15-5-2-3-11(15)8-16(10)9-13-12(14)4-6-17-13/h4,6,10-11H,2-3,5,7-9H2,1H3. The lowest BCUT2D eigenvalue weighted by atomic mass is 10.1. The van der Waals surface area contributed by atoms with E-state index in [1.807, 2.05) is 11.3 Å². The second-order valence-electron chi connectivity index (χ2n) is 5.26. The lowest BCUT2D eigenvalue weighted by Crippen LogP contribution is -2.54. The van der Waals surface area contributed by atoms with Gasteiger partial charge in [0.25, 0.3) is 0 Å². The summed E-state index contributed by atoms with van der Waals surface area (Å²) in [6.45, 7) is 7.32. The van der Waals surface area contributed by atoms with Gasteiger partial charge in [0.05, 0.1) is 0 Å². The fourth-order valence-corrected chi connectivity index (χ4v) is 4.59. The normalized spacial score (nSPS) is 30.7. The molecule has 2 unspecified atom stereocenters. The van der Waals surface area contributed by atoms with Gasteiger partial charge in [-0.2, -0.15) is 0 Å². The highest BCUT2D eigenvalue weighted by Crippen LogP contribution is 2.29. The van der Waals surface area contributed by atoms with Crippen molar-refractivity contribution in [2.45, 2.75) is 38.4 Å². The zero-order chi connectivity index (χ0) is 11.8. The van der Waals surface area contributed by atoms with Crippen LogP contribution in [0.2, 0.25) is 0 Å². The number of hydrogen-bond donors (Lipinski definition) is 0. The second kappa shape index (κ2) is 5.00. The van der Waals surface area contributed by atoms with E-state index in [0.29, 0.717) is 6.04 Å². The summed E-state index contributed by atoms with van der Waals surface area (Å²) in [6.07, 6.45) is 2.79. The van der Waals surface area contributed by atoms with E-state index in [1.54, 1.807) is 0 Å². The summed E-state index contributed by atoms with van der Waals surface area (Å²) >= 11 is 5.51. The molecule has 94 valence electrons. The molecule has 1 aromatic rings. The third-order valence-corrected chi connectivity index (χ3v) is 6.02. The first-order valence-electron chi connectivity index (χ1n) is 6.44. The van der Waals surface area contributed by atoms with Gasteiger partial charge in [0.15, 0.2) is 0 Å². The Morgan fingerprint density at radius 1 is 1.47 bits per heavy atom. The summed E-state index contributed by atoms with van der Waals surface area (Å²) in [5, 5.41) is 2.18. The first kappa shape index (κ1) is 12.2. The van der Waals surface area contributed by atoms with Crippen molar-refractivity contribution in [3.63, 3.8) is 0 Å². The Balaban J connectivity index is 1.69. The van der Waals surface area contributed by atoms with Crippen molar-refractivity contribution < 1.29 is 0 Å². The molecular weight excluding hydrogens is 296 g/mol. The van der Waals surface area contributed by atoms with Gasteiger partial charge in [0.1, 0.15) is 0 Å². The van der Waals surface area contributed by atoms with Gasteiger partial charge in [-0.15, -0.1) is 11.3 Å². The smallest absolute Gasteiger partial charge is 0.0343 e. The first-order valence-corrected chi connectivity index (χ1v) is 8.11. The van der Waals surface area contributed by atoms with E-state index in [2.05, 4.69) is 44.1 Å². The van der Waals surface area contributed by atoms with E-state index in [9.17, 15) is 0 Å². The van der Waals surface area contributed by atoms with Crippen molar-refractivity contribution in [1.29, 1.82) is 0 Å². The van der Waals surface area contributed by atoms with E-state index in [-0.39, 0.29) is 0 Å². The molecule has 2 aliphatic rings. The van der Waals surface area contributed by atoms with Gasteiger partial charge >= 0.3 is 0 Å². The van der Waals surface area contributed by atoms with Crippen molar-refractivity contribution in [3.8, 4) is 0 Å². The zero-order valence-electron chi connectivity index (χ0n) is 10.2. The average Bonchev–Trinajstić information content (AvgIpc) is 2.89. The van der Waals surface area contributed by atoms with Crippen LogP contribution in [0.1, 0.15) is 24.6 Å². The van der Waals surface area contributed by atoms with Crippen LogP contribution in [0.25, 0.3) is 0 Å². The number of rotatable bonds is 2. The number of nitrogens with zero attached hydrogens (tertiary/aromatic N) is 2. The monoisotopic (exact) mass is 314 g/mol. The first-order chi connectivity index (χ1) is 8.24. The molecular formula is C13H19BrN2S. The third-order valence-electron chi connectivity index (χ3n) is 4.10. The van der Waals surface area contributed by atoms with Crippen LogP contribution < -0.4 is 0 Å². The Kier molecular flexibility index (Phi) is 3.57. The summed E-state index contributed by atoms with van der Waals surface area (Å²) in [7, 11) is 0. The molecule has 0 bridgehead atoms. The van der Waals surface area contributed by atoms with Crippen molar-refractivity contribution in [2.75, 3.05) is 19.6 Å². The molecule has 0 aliphatic carbocycles. The van der Waals surface area contributed by atoms with Gasteiger partial charge < -0.3 is 0 Å². The number of thiophene rings is 1. The third kappa shape index (κ3) is 2.46. The van der Waals surface area contributed by atoms with Gasteiger partial charge in [-0.25, -0.2) is 0 Å². The van der Waals surface area contributed by atoms with E-state index >= 15 is 0 Å². The highest BCUT2D eigenvalue weighted by molar-refractivity contribution is 9.10. The van der Waals surface area contributed by atoms with Gasteiger partial charge in [0, 0.05) is 41.1 Å². The lowest BCUT2D eigenvalue weighted by molar-refractivity contribution is 0.0546. The summed E-state index contributed by atoms with van der Waals surface area (Å²) in [5.41, 5.74) is 0. The molecule has 0 amide bonds. The van der Waals surface area contributed by atoms with Gasteiger partial charge in [0.2, 0.25) is 0 Å². The maximum Gasteiger partial charge on any atom is 0.0343 e. The van der Waals surface area contributed by atoms with Crippen molar-refractivity contribution in [2.24, 2.45) is 0 Å². The van der Waals surface area contributed by atoms with Gasteiger partial charge in [-0.3, -0.25) is 9.80 Å². The van der Waals surface area contributed by atoms with E-state index in [4.69, 9.17) is 0 Å². The summed E-state index contributed by atoms with van der Waals surface area (Å²) in [4.78, 5) is 6.82.